The highest BCUT2D eigenvalue weighted by Gasteiger charge is 2.01. The Bertz CT molecular complexity index is 253. The van der Waals surface area contributed by atoms with Gasteiger partial charge in [0.1, 0.15) is 0 Å². The lowest BCUT2D eigenvalue weighted by atomic mass is 10.1. The van der Waals surface area contributed by atoms with E-state index in [4.69, 9.17) is 0 Å². The highest BCUT2D eigenvalue weighted by molar-refractivity contribution is 5.46. The number of anilines is 1. The molecule has 0 heterocycles. The van der Waals surface area contributed by atoms with Crippen LogP contribution in [0.1, 0.15) is 25.5 Å². The minimum Gasteiger partial charge on any atom is -0.389 e. The van der Waals surface area contributed by atoms with Gasteiger partial charge in [0.25, 0.3) is 0 Å². The highest BCUT2D eigenvalue weighted by Crippen LogP contribution is 2.17. The summed E-state index contributed by atoms with van der Waals surface area (Å²) < 4.78 is 0. The lowest BCUT2D eigenvalue weighted by molar-refractivity contribution is 0.199. The van der Waals surface area contributed by atoms with E-state index in [1.165, 1.54) is 5.69 Å². The standard InChI is InChI=1S/C11H17NO/c1-4-12(3)11-7-5-10(6-8-11)9(2)13/h5-9,13H,4H2,1-3H3/t9-/m0/s1. The van der Waals surface area contributed by atoms with Crippen LogP contribution in [0.25, 0.3) is 0 Å². The second-order valence-corrected chi connectivity index (χ2v) is 3.28. The summed E-state index contributed by atoms with van der Waals surface area (Å²) >= 11 is 0. The third kappa shape index (κ3) is 2.46. The maximum absolute atomic E-state index is 9.30. The quantitative estimate of drug-likeness (QED) is 0.769. The van der Waals surface area contributed by atoms with Crippen molar-refractivity contribution in [2.75, 3.05) is 18.5 Å². The molecule has 0 spiro atoms. The number of aliphatic hydroxyl groups excluding tert-OH is 1. The first-order chi connectivity index (χ1) is 6.15. The Balaban J connectivity index is 2.81. The van der Waals surface area contributed by atoms with Crippen LogP contribution in [0.2, 0.25) is 0 Å². The largest absolute Gasteiger partial charge is 0.389 e. The van der Waals surface area contributed by atoms with E-state index in [1.54, 1.807) is 6.92 Å². The number of aliphatic hydroxyl groups is 1. The topological polar surface area (TPSA) is 23.5 Å². The first-order valence-electron chi connectivity index (χ1n) is 4.64. The van der Waals surface area contributed by atoms with Crippen LogP contribution in [0.3, 0.4) is 0 Å². The fraction of sp³-hybridized carbons (Fsp3) is 0.455. The van der Waals surface area contributed by atoms with Gasteiger partial charge in [0, 0.05) is 19.3 Å². The van der Waals surface area contributed by atoms with Crippen molar-refractivity contribution in [1.82, 2.24) is 0 Å². The number of benzene rings is 1. The average Bonchev–Trinajstić information content (AvgIpc) is 2.17. The predicted molar refractivity (Wildman–Crippen MR) is 56.0 cm³/mol. The van der Waals surface area contributed by atoms with Gasteiger partial charge < -0.3 is 10.0 Å². The molecule has 2 nitrogen and oxygen atoms in total. The second-order valence-electron chi connectivity index (χ2n) is 3.28. The summed E-state index contributed by atoms with van der Waals surface area (Å²) in [6.07, 6.45) is -0.374. The van der Waals surface area contributed by atoms with E-state index in [1.807, 2.05) is 24.3 Å². The maximum Gasteiger partial charge on any atom is 0.0761 e. The van der Waals surface area contributed by atoms with E-state index in [-0.39, 0.29) is 6.10 Å². The Morgan fingerprint density at radius 3 is 2.23 bits per heavy atom. The van der Waals surface area contributed by atoms with E-state index >= 15 is 0 Å². The van der Waals surface area contributed by atoms with Crippen molar-refractivity contribution >= 4 is 5.69 Å². The van der Waals surface area contributed by atoms with E-state index < -0.39 is 0 Å². The van der Waals surface area contributed by atoms with Crippen molar-refractivity contribution in [1.29, 1.82) is 0 Å². The maximum atomic E-state index is 9.30. The van der Waals surface area contributed by atoms with Crippen LogP contribution in [0.15, 0.2) is 24.3 Å². The fourth-order valence-electron chi connectivity index (χ4n) is 1.19. The summed E-state index contributed by atoms with van der Waals surface area (Å²) in [7, 11) is 2.05. The van der Waals surface area contributed by atoms with Gasteiger partial charge >= 0.3 is 0 Å². The molecule has 0 aliphatic rings. The molecule has 0 saturated heterocycles. The minimum atomic E-state index is -0.374. The van der Waals surface area contributed by atoms with Crippen molar-refractivity contribution in [3.63, 3.8) is 0 Å². The van der Waals surface area contributed by atoms with Crippen LogP contribution in [0.5, 0.6) is 0 Å². The summed E-state index contributed by atoms with van der Waals surface area (Å²) in [5.41, 5.74) is 2.15. The molecule has 1 aromatic rings. The van der Waals surface area contributed by atoms with Crippen molar-refractivity contribution in [3.8, 4) is 0 Å². The third-order valence-corrected chi connectivity index (χ3v) is 2.29. The predicted octanol–water partition coefficient (Wildman–Crippen LogP) is 2.20. The zero-order chi connectivity index (χ0) is 9.84. The molecule has 13 heavy (non-hydrogen) atoms. The van der Waals surface area contributed by atoms with E-state index in [9.17, 15) is 5.11 Å². The zero-order valence-electron chi connectivity index (χ0n) is 8.49. The summed E-state index contributed by atoms with van der Waals surface area (Å²) in [6, 6.07) is 8.00. The Labute approximate surface area is 79.8 Å². The Morgan fingerprint density at radius 1 is 1.31 bits per heavy atom. The molecule has 0 aliphatic heterocycles. The van der Waals surface area contributed by atoms with Crippen molar-refractivity contribution in [2.45, 2.75) is 20.0 Å². The molecule has 72 valence electrons. The van der Waals surface area contributed by atoms with Gasteiger partial charge in [-0.25, -0.2) is 0 Å². The molecule has 1 N–H and O–H groups in total. The Kier molecular flexibility index (Phi) is 3.32. The first kappa shape index (κ1) is 10.1. The van der Waals surface area contributed by atoms with Gasteiger partial charge in [-0.15, -0.1) is 0 Å². The van der Waals surface area contributed by atoms with Gasteiger partial charge in [0.05, 0.1) is 6.10 Å². The molecule has 1 rings (SSSR count). The molecule has 0 fully saturated rings. The molecule has 2 heteroatoms. The van der Waals surface area contributed by atoms with Crippen molar-refractivity contribution in [2.24, 2.45) is 0 Å². The minimum absolute atomic E-state index is 0.374. The average molecular weight is 179 g/mol. The number of hydrogen-bond acceptors (Lipinski definition) is 2. The molecule has 1 aromatic carbocycles. The van der Waals surface area contributed by atoms with Crippen LogP contribution in [0.4, 0.5) is 5.69 Å². The van der Waals surface area contributed by atoms with E-state index in [0.717, 1.165) is 12.1 Å². The summed E-state index contributed by atoms with van der Waals surface area (Å²) in [4.78, 5) is 2.16. The molecule has 0 radical (unpaired) electrons. The number of nitrogens with zero attached hydrogens (tertiary/aromatic N) is 1. The lowest BCUT2D eigenvalue weighted by Crippen LogP contribution is -2.15. The summed E-state index contributed by atoms with van der Waals surface area (Å²) in [6.45, 7) is 4.88. The van der Waals surface area contributed by atoms with Crippen LogP contribution < -0.4 is 4.90 Å². The summed E-state index contributed by atoms with van der Waals surface area (Å²) in [5, 5.41) is 9.30. The number of hydrogen-bond donors (Lipinski definition) is 1. The summed E-state index contributed by atoms with van der Waals surface area (Å²) in [5.74, 6) is 0. The first-order valence-corrected chi connectivity index (χ1v) is 4.64. The molecule has 0 amide bonds. The van der Waals surface area contributed by atoms with E-state index in [0.29, 0.717) is 0 Å². The van der Waals surface area contributed by atoms with Crippen molar-refractivity contribution in [3.05, 3.63) is 29.8 Å². The van der Waals surface area contributed by atoms with E-state index in [2.05, 4.69) is 18.9 Å². The van der Waals surface area contributed by atoms with Gasteiger partial charge in [0.2, 0.25) is 0 Å². The molecule has 0 aromatic heterocycles. The van der Waals surface area contributed by atoms with Crippen LogP contribution in [-0.2, 0) is 0 Å². The molecule has 0 unspecified atom stereocenters. The lowest BCUT2D eigenvalue weighted by Gasteiger charge is -2.17. The second kappa shape index (κ2) is 4.28. The smallest absolute Gasteiger partial charge is 0.0761 e. The Morgan fingerprint density at radius 2 is 1.85 bits per heavy atom. The van der Waals surface area contributed by atoms with Gasteiger partial charge in [-0.3, -0.25) is 0 Å². The molecule has 0 bridgehead atoms. The number of rotatable bonds is 3. The zero-order valence-corrected chi connectivity index (χ0v) is 8.49. The molecule has 0 saturated carbocycles. The highest BCUT2D eigenvalue weighted by atomic mass is 16.3. The van der Waals surface area contributed by atoms with Gasteiger partial charge in [0.15, 0.2) is 0 Å². The SMILES string of the molecule is CCN(C)c1ccc([C@H](C)O)cc1. The van der Waals surface area contributed by atoms with Crippen LogP contribution in [0, 0.1) is 0 Å². The third-order valence-electron chi connectivity index (χ3n) is 2.29. The molecular weight excluding hydrogens is 162 g/mol. The molecule has 1 atom stereocenters. The van der Waals surface area contributed by atoms with Gasteiger partial charge in [-0.05, 0) is 31.5 Å². The fourth-order valence-corrected chi connectivity index (χ4v) is 1.19. The van der Waals surface area contributed by atoms with Crippen LogP contribution in [-0.4, -0.2) is 18.7 Å². The van der Waals surface area contributed by atoms with Gasteiger partial charge in [-0.2, -0.15) is 0 Å². The van der Waals surface area contributed by atoms with Gasteiger partial charge in [-0.1, -0.05) is 12.1 Å². The van der Waals surface area contributed by atoms with Crippen molar-refractivity contribution < 1.29 is 5.11 Å². The molecule has 0 aliphatic carbocycles. The normalized spacial score (nSPS) is 12.6. The molecular formula is C11H17NO. The monoisotopic (exact) mass is 179 g/mol. The Hall–Kier alpha value is -1.02. The van der Waals surface area contributed by atoms with Crippen LogP contribution >= 0.6 is 0 Å².